The van der Waals surface area contributed by atoms with Gasteiger partial charge in [-0.25, -0.2) is 0 Å². The van der Waals surface area contributed by atoms with Gasteiger partial charge in [0.25, 0.3) is 0 Å². The van der Waals surface area contributed by atoms with Crippen LogP contribution in [0.3, 0.4) is 0 Å². The minimum Gasteiger partial charge on any atom is -0.313 e. The Bertz CT molecular complexity index is 911. The van der Waals surface area contributed by atoms with Gasteiger partial charge in [-0.2, -0.15) is 0 Å². The Morgan fingerprint density at radius 1 is 0.864 bits per heavy atom. The fourth-order valence-corrected chi connectivity index (χ4v) is 4.24. The molecule has 0 N–H and O–H groups in total. The Labute approximate surface area is 130 Å². The fourth-order valence-electron chi connectivity index (χ4n) is 4.24. The molecular weight excluding hydrogens is 266 g/mol. The highest BCUT2D eigenvalue weighted by Gasteiger charge is 2.22. The highest BCUT2D eigenvalue weighted by molar-refractivity contribution is 5.88. The van der Waals surface area contributed by atoms with Crippen LogP contribution in [-0.2, 0) is 19.3 Å². The van der Waals surface area contributed by atoms with Crippen LogP contribution in [0.2, 0.25) is 0 Å². The van der Waals surface area contributed by atoms with Crippen LogP contribution in [0.1, 0.15) is 35.2 Å². The van der Waals surface area contributed by atoms with E-state index in [1.165, 1.54) is 53.4 Å². The first kappa shape index (κ1) is 12.3. The van der Waals surface area contributed by atoms with Crippen LogP contribution >= 0.6 is 0 Å². The third kappa shape index (κ3) is 1.60. The molecule has 0 atom stereocenters. The van der Waals surface area contributed by atoms with Crippen molar-refractivity contribution in [2.24, 2.45) is 0 Å². The zero-order valence-electron chi connectivity index (χ0n) is 12.7. The molecular formula is C21H19N. The molecule has 0 bridgehead atoms. The zero-order valence-corrected chi connectivity index (χ0v) is 12.7. The van der Waals surface area contributed by atoms with E-state index in [0.29, 0.717) is 0 Å². The minimum atomic E-state index is 1.07. The molecule has 3 aromatic rings. The minimum absolute atomic E-state index is 1.07. The number of nitrogens with zero attached hydrogens (tertiary/aromatic N) is 1. The second-order valence-corrected chi connectivity index (χ2v) is 6.44. The predicted octanol–water partition coefficient (Wildman–Crippen LogP) is 5.08. The molecule has 5 rings (SSSR count). The Morgan fingerprint density at radius 2 is 1.77 bits per heavy atom. The van der Waals surface area contributed by atoms with Gasteiger partial charge in [0, 0.05) is 16.6 Å². The van der Waals surface area contributed by atoms with Gasteiger partial charge < -0.3 is 4.57 Å². The Morgan fingerprint density at radius 3 is 2.77 bits per heavy atom. The summed E-state index contributed by atoms with van der Waals surface area (Å²) in [5, 5.41) is 1.46. The number of para-hydroxylation sites is 1. The molecule has 2 aromatic carbocycles. The molecule has 1 heterocycles. The van der Waals surface area contributed by atoms with E-state index in [1.807, 2.05) is 0 Å². The van der Waals surface area contributed by atoms with Crippen LogP contribution < -0.4 is 0 Å². The number of rotatable bonds is 1. The molecule has 1 aromatic heterocycles. The van der Waals surface area contributed by atoms with Gasteiger partial charge >= 0.3 is 0 Å². The molecule has 1 nitrogen and oxygen atoms in total. The lowest BCUT2D eigenvalue weighted by Crippen LogP contribution is -2.08. The van der Waals surface area contributed by atoms with Crippen LogP contribution in [-0.4, -0.2) is 4.57 Å². The third-order valence-electron chi connectivity index (χ3n) is 5.22. The van der Waals surface area contributed by atoms with E-state index in [4.69, 9.17) is 0 Å². The summed E-state index contributed by atoms with van der Waals surface area (Å²) >= 11 is 0. The molecule has 108 valence electrons. The summed E-state index contributed by atoms with van der Waals surface area (Å²) in [6, 6.07) is 15.7. The summed E-state index contributed by atoms with van der Waals surface area (Å²) in [5.74, 6) is 0. The van der Waals surface area contributed by atoms with E-state index in [1.54, 1.807) is 11.3 Å². The summed E-state index contributed by atoms with van der Waals surface area (Å²) in [4.78, 5) is 0. The fraction of sp³-hybridized carbons (Fsp3) is 0.238. The van der Waals surface area contributed by atoms with Gasteiger partial charge in [-0.05, 0) is 55.4 Å². The van der Waals surface area contributed by atoms with Crippen LogP contribution in [0.5, 0.6) is 0 Å². The molecule has 0 radical (unpaired) electrons. The quantitative estimate of drug-likeness (QED) is 0.587. The van der Waals surface area contributed by atoms with E-state index in [-0.39, 0.29) is 0 Å². The van der Waals surface area contributed by atoms with Gasteiger partial charge in [-0.3, -0.25) is 0 Å². The summed E-state index contributed by atoms with van der Waals surface area (Å²) in [5.41, 5.74) is 8.74. The van der Waals surface area contributed by atoms with E-state index in [2.05, 4.69) is 59.2 Å². The lowest BCUT2D eigenvalue weighted by atomic mass is 9.95. The summed E-state index contributed by atoms with van der Waals surface area (Å²) < 4.78 is 2.54. The number of allylic oxidation sites excluding steroid dienone is 1. The predicted molar refractivity (Wildman–Crippen MR) is 92.7 cm³/mol. The van der Waals surface area contributed by atoms with E-state index in [9.17, 15) is 0 Å². The van der Waals surface area contributed by atoms with E-state index in [0.717, 1.165) is 6.42 Å². The first-order valence-corrected chi connectivity index (χ1v) is 8.33. The molecule has 22 heavy (non-hydrogen) atoms. The monoisotopic (exact) mass is 285 g/mol. The molecule has 2 aliphatic carbocycles. The van der Waals surface area contributed by atoms with E-state index < -0.39 is 0 Å². The molecule has 1 heteroatoms. The second-order valence-electron chi connectivity index (χ2n) is 6.44. The topological polar surface area (TPSA) is 4.93 Å². The number of benzene rings is 2. The summed E-state index contributed by atoms with van der Waals surface area (Å²) in [7, 11) is 0. The van der Waals surface area contributed by atoms with Crippen molar-refractivity contribution in [3.05, 3.63) is 70.9 Å². The number of fused-ring (bicyclic) bond motifs is 4. The highest BCUT2D eigenvalue weighted by atomic mass is 15.0. The van der Waals surface area contributed by atoms with Gasteiger partial charge in [0.05, 0.1) is 11.2 Å². The third-order valence-corrected chi connectivity index (χ3v) is 5.22. The average molecular weight is 285 g/mol. The number of aromatic nitrogens is 1. The second kappa shape index (κ2) is 4.61. The van der Waals surface area contributed by atoms with Crippen molar-refractivity contribution in [1.82, 2.24) is 4.57 Å². The summed E-state index contributed by atoms with van der Waals surface area (Å²) in [6.07, 6.45) is 10.7. The van der Waals surface area contributed by atoms with Gasteiger partial charge in [0.15, 0.2) is 0 Å². The van der Waals surface area contributed by atoms with Gasteiger partial charge in [0.2, 0.25) is 0 Å². The number of aryl methyl sites for hydroxylation is 1. The van der Waals surface area contributed by atoms with Crippen LogP contribution in [0.25, 0.3) is 22.7 Å². The lowest BCUT2D eigenvalue weighted by molar-refractivity contribution is 0.666. The maximum atomic E-state index is 2.54. The van der Waals surface area contributed by atoms with Gasteiger partial charge in [-0.15, -0.1) is 0 Å². The van der Waals surface area contributed by atoms with Crippen molar-refractivity contribution >= 4 is 17.0 Å². The zero-order chi connectivity index (χ0) is 14.5. The largest absolute Gasteiger partial charge is 0.313 e. The van der Waals surface area contributed by atoms with Gasteiger partial charge in [0.1, 0.15) is 0 Å². The molecule has 0 fully saturated rings. The molecule has 0 spiro atoms. The molecule has 0 aliphatic heterocycles. The first-order chi connectivity index (χ1) is 10.9. The van der Waals surface area contributed by atoms with E-state index >= 15 is 0 Å². The Kier molecular flexibility index (Phi) is 2.57. The molecule has 0 saturated carbocycles. The van der Waals surface area contributed by atoms with Crippen molar-refractivity contribution < 1.29 is 0 Å². The molecule has 0 saturated heterocycles. The van der Waals surface area contributed by atoms with Crippen molar-refractivity contribution in [3.63, 3.8) is 0 Å². The van der Waals surface area contributed by atoms with Crippen LogP contribution in [0, 0.1) is 0 Å². The normalized spacial score (nSPS) is 16.0. The van der Waals surface area contributed by atoms with Crippen molar-refractivity contribution in [2.45, 2.75) is 32.1 Å². The maximum Gasteiger partial charge on any atom is 0.0534 e. The molecule has 0 unspecified atom stereocenters. The molecule has 0 amide bonds. The Balaban J connectivity index is 1.89. The highest BCUT2D eigenvalue weighted by Crippen LogP contribution is 2.37. The van der Waals surface area contributed by atoms with Crippen molar-refractivity contribution in [2.75, 3.05) is 0 Å². The maximum absolute atomic E-state index is 2.54. The SMILES string of the molecule is C1=Cc2c(cccc2-n2c3c(c4ccccc42)CCCC3)C1. The van der Waals surface area contributed by atoms with Gasteiger partial charge in [-0.1, -0.05) is 42.5 Å². The van der Waals surface area contributed by atoms with Crippen molar-refractivity contribution in [3.8, 4) is 5.69 Å². The lowest BCUT2D eigenvalue weighted by Gasteiger charge is -2.18. The number of hydrogen-bond donors (Lipinski definition) is 0. The van der Waals surface area contributed by atoms with Crippen LogP contribution in [0.15, 0.2) is 48.5 Å². The number of hydrogen-bond acceptors (Lipinski definition) is 0. The Hall–Kier alpha value is -2.28. The standard InChI is InChI=1S/C21H19N/c1-3-12-20-17(9-1)18-10-2-4-13-21(18)22(20)19-14-6-8-15-7-5-11-16(15)19/h1,3,5-6,8-9,11-12,14H,2,4,7,10,13H2. The van der Waals surface area contributed by atoms with Crippen molar-refractivity contribution in [1.29, 1.82) is 0 Å². The van der Waals surface area contributed by atoms with Crippen LogP contribution in [0.4, 0.5) is 0 Å². The average Bonchev–Trinajstić information content (AvgIpc) is 3.17. The smallest absolute Gasteiger partial charge is 0.0534 e. The molecule has 2 aliphatic rings. The summed E-state index contributed by atoms with van der Waals surface area (Å²) in [6.45, 7) is 0. The first-order valence-electron chi connectivity index (χ1n) is 8.33.